The highest BCUT2D eigenvalue weighted by molar-refractivity contribution is 6.36. The van der Waals surface area contributed by atoms with Crippen molar-refractivity contribution in [3.8, 4) is 12.1 Å². The minimum Gasteiger partial charge on any atom is -0.465 e. The van der Waals surface area contributed by atoms with E-state index in [-0.39, 0.29) is 23.7 Å². The summed E-state index contributed by atoms with van der Waals surface area (Å²) in [6.07, 6.45) is 4.06. The average Bonchev–Trinajstić information content (AvgIpc) is 3.56. The molecule has 0 radical (unpaired) electrons. The Morgan fingerprint density at radius 1 is 1.16 bits per heavy atom. The van der Waals surface area contributed by atoms with Crippen LogP contribution in [0.5, 0.6) is 0 Å². The number of amides is 1. The van der Waals surface area contributed by atoms with Crippen LogP contribution < -0.4 is 15.5 Å². The molecule has 2 aliphatic heterocycles. The van der Waals surface area contributed by atoms with E-state index in [2.05, 4.69) is 47.6 Å². The predicted octanol–water partition coefficient (Wildman–Crippen LogP) is 3.12. The van der Waals surface area contributed by atoms with Gasteiger partial charge in [-0.1, -0.05) is 11.6 Å². The van der Waals surface area contributed by atoms with Crippen molar-refractivity contribution in [2.75, 3.05) is 62.0 Å². The van der Waals surface area contributed by atoms with Gasteiger partial charge in [0.1, 0.15) is 6.07 Å². The zero-order valence-electron chi connectivity index (χ0n) is 23.7. The highest BCUT2D eigenvalue weighted by atomic mass is 35.5. The second kappa shape index (κ2) is 12.1. The molecule has 1 aromatic carbocycles. The van der Waals surface area contributed by atoms with Crippen LogP contribution in [0, 0.1) is 22.7 Å². The lowest BCUT2D eigenvalue weighted by Crippen LogP contribution is -2.54. The number of likely N-dealkylation sites (tertiary alicyclic amines) is 1. The maximum atomic E-state index is 11.8. The number of imidazole rings is 1. The number of nitrogens with zero attached hydrogens (tertiary/aromatic N) is 9. The zero-order chi connectivity index (χ0) is 30.1. The van der Waals surface area contributed by atoms with Crippen LogP contribution in [0.15, 0.2) is 18.3 Å². The Balaban J connectivity index is 1.22. The van der Waals surface area contributed by atoms with Gasteiger partial charge in [0, 0.05) is 58.5 Å². The fourth-order valence-corrected chi connectivity index (χ4v) is 6.30. The highest BCUT2D eigenvalue weighted by Crippen LogP contribution is 2.37. The second-order valence-electron chi connectivity index (χ2n) is 11.0. The molecule has 3 N–H and O–H groups in total. The first-order valence-electron chi connectivity index (χ1n) is 14.3. The zero-order valence-corrected chi connectivity index (χ0v) is 24.5. The predicted molar refractivity (Wildman–Crippen MR) is 159 cm³/mol. The van der Waals surface area contributed by atoms with Gasteiger partial charge in [-0.3, -0.25) is 4.90 Å². The van der Waals surface area contributed by atoms with Gasteiger partial charge in [0.25, 0.3) is 0 Å². The number of rotatable bonds is 9. The van der Waals surface area contributed by atoms with Crippen LogP contribution >= 0.6 is 11.6 Å². The van der Waals surface area contributed by atoms with Crippen molar-refractivity contribution in [3.63, 3.8) is 0 Å². The standard InChI is InChI=1S/C28H32ClN11O3/c1-43-11-5-22-21(4-6-39(22)28(41)42)37-7-9-38(10-8-37)23-13-17(14-30)12-20(24(23)29)34-27-35-25(33-18-2-3-18)26-32-16-19(15-31)40(26)36-27/h12-13,16,18,21-22H,2-11H2,1H3,(H,41,42)(H2,33,34,35,36). The van der Waals surface area contributed by atoms with Crippen molar-refractivity contribution in [3.05, 3.63) is 34.6 Å². The van der Waals surface area contributed by atoms with Gasteiger partial charge in [-0.25, -0.2) is 9.78 Å². The van der Waals surface area contributed by atoms with Crippen LogP contribution in [-0.2, 0) is 4.74 Å². The maximum Gasteiger partial charge on any atom is 0.407 e. The molecule has 1 amide bonds. The molecule has 3 aromatic rings. The molecule has 3 fully saturated rings. The van der Waals surface area contributed by atoms with Gasteiger partial charge in [-0.15, -0.1) is 5.10 Å². The number of aromatic nitrogens is 4. The molecule has 4 heterocycles. The number of carboxylic acid groups (broad SMARTS) is 1. The summed E-state index contributed by atoms with van der Waals surface area (Å²) < 4.78 is 6.70. The molecule has 3 aliphatic rings. The first-order valence-corrected chi connectivity index (χ1v) is 14.7. The van der Waals surface area contributed by atoms with Gasteiger partial charge in [0.2, 0.25) is 5.95 Å². The largest absolute Gasteiger partial charge is 0.465 e. The van der Waals surface area contributed by atoms with Gasteiger partial charge >= 0.3 is 6.09 Å². The van der Waals surface area contributed by atoms with Crippen molar-refractivity contribution in [2.45, 2.75) is 43.8 Å². The van der Waals surface area contributed by atoms with E-state index in [9.17, 15) is 20.4 Å². The minimum absolute atomic E-state index is 0.112. The SMILES string of the molecule is COCCC1C(N2CCN(c3cc(C#N)cc(Nc4nc(NC5CC5)c5ncc(C#N)n5n4)c3Cl)CC2)CCN1C(=O)O. The summed E-state index contributed by atoms with van der Waals surface area (Å²) in [5, 5.41) is 40.5. The van der Waals surface area contributed by atoms with Crippen LogP contribution in [-0.4, -0.2) is 105 Å². The molecule has 15 heteroatoms. The van der Waals surface area contributed by atoms with E-state index in [0.717, 1.165) is 38.0 Å². The fourth-order valence-electron chi connectivity index (χ4n) is 6.03. The number of hydrogen-bond donors (Lipinski definition) is 3. The van der Waals surface area contributed by atoms with E-state index in [1.165, 1.54) is 15.6 Å². The quantitative estimate of drug-likeness (QED) is 0.326. The van der Waals surface area contributed by atoms with Crippen molar-refractivity contribution in [2.24, 2.45) is 0 Å². The summed E-state index contributed by atoms with van der Waals surface area (Å²) >= 11 is 6.95. The Morgan fingerprint density at radius 3 is 2.63 bits per heavy atom. The Morgan fingerprint density at radius 2 is 1.95 bits per heavy atom. The molecule has 2 unspecified atom stereocenters. The Hall–Kier alpha value is -4.37. The number of halogens is 1. The van der Waals surface area contributed by atoms with Crippen LogP contribution in [0.4, 0.5) is 27.9 Å². The molecule has 1 aliphatic carbocycles. The summed E-state index contributed by atoms with van der Waals surface area (Å²) in [5.41, 5.74) is 2.35. The number of carbonyl (C=O) groups is 1. The molecule has 224 valence electrons. The lowest BCUT2D eigenvalue weighted by atomic mass is 10.0. The fraction of sp³-hybridized carbons (Fsp3) is 0.500. The molecule has 0 spiro atoms. The summed E-state index contributed by atoms with van der Waals surface area (Å²) in [5.74, 6) is 0.729. The topological polar surface area (TPSA) is 171 Å². The summed E-state index contributed by atoms with van der Waals surface area (Å²) in [6, 6.07) is 8.07. The first-order chi connectivity index (χ1) is 20.9. The number of nitriles is 2. The van der Waals surface area contributed by atoms with Gasteiger partial charge < -0.3 is 30.3 Å². The summed E-state index contributed by atoms with van der Waals surface area (Å²) in [6.45, 7) is 3.79. The van der Waals surface area contributed by atoms with Gasteiger partial charge in [-0.05, 0) is 37.8 Å². The average molecular weight is 606 g/mol. The highest BCUT2D eigenvalue weighted by Gasteiger charge is 2.41. The lowest BCUT2D eigenvalue weighted by molar-refractivity contribution is 0.0905. The van der Waals surface area contributed by atoms with E-state index in [4.69, 9.17) is 16.3 Å². The molecule has 1 saturated carbocycles. The number of ether oxygens (including phenoxy) is 1. The minimum atomic E-state index is -0.891. The van der Waals surface area contributed by atoms with Crippen molar-refractivity contribution in [1.82, 2.24) is 29.4 Å². The molecule has 14 nitrogen and oxygen atoms in total. The van der Waals surface area contributed by atoms with Gasteiger partial charge in [0.15, 0.2) is 17.2 Å². The molecule has 2 saturated heterocycles. The van der Waals surface area contributed by atoms with Crippen LogP contribution in [0.25, 0.3) is 5.65 Å². The number of piperazine rings is 1. The Bertz CT molecular complexity index is 1600. The third-order valence-corrected chi connectivity index (χ3v) is 8.72. The molecule has 2 atom stereocenters. The van der Waals surface area contributed by atoms with Crippen LogP contribution in [0.3, 0.4) is 0 Å². The smallest absolute Gasteiger partial charge is 0.407 e. The molecule has 0 bridgehead atoms. The van der Waals surface area contributed by atoms with E-state index < -0.39 is 6.09 Å². The second-order valence-corrected chi connectivity index (χ2v) is 11.4. The number of nitrogens with one attached hydrogen (secondary N) is 2. The van der Waals surface area contributed by atoms with Crippen molar-refractivity contribution >= 4 is 46.5 Å². The molecular formula is C28H32ClN11O3. The summed E-state index contributed by atoms with van der Waals surface area (Å²) in [4.78, 5) is 26.8. The normalized spacial score (nSPS) is 20.7. The van der Waals surface area contributed by atoms with Crippen LogP contribution in [0.1, 0.15) is 36.9 Å². The van der Waals surface area contributed by atoms with Crippen molar-refractivity contribution < 1.29 is 14.6 Å². The first kappa shape index (κ1) is 28.7. The number of benzene rings is 1. The van der Waals surface area contributed by atoms with Gasteiger partial charge in [0.05, 0.1) is 40.3 Å². The Kier molecular flexibility index (Phi) is 8.08. The number of hydrogen-bond acceptors (Lipinski definition) is 11. The third kappa shape index (κ3) is 5.82. The van der Waals surface area contributed by atoms with E-state index in [1.54, 1.807) is 19.2 Å². The molecule has 2 aromatic heterocycles. The van der Waals surface area contributed by atoms with Crippen molar-refractivity contribution in [1.29, 1.82) is 10.5 Å². The number of methoxy groups -OCH3 is 1. The summed E-state index contributed by atoms with van der Waals surface area (Å²) in [7, 11) is 1.63. The molecular weight excluding hydrogens is 574 g/mol. The third-order valence-electron chi connectivity index (χ3n) is 8.32. The van der Waals surface area contributed by atoms with E-state index >= 15 is 0 Å². The van der Waals surface area contributed by atoms with E-state index in [1.807, 2.05) is 0 Å². The lowest BCUT2D eigenvalue weighted by Gasteiger charge is -2.41. The number of fused-ring (bicyclic) bond motifs is 1. The van der Waals surface area contributed by atoms with Gasteiger partial charge in [-0.2, -0.15) is 20.0 Å². The monoisotopic (exact) mass is 605 g/mol. The molecule has 6 rings (SSSR count). The van der Waals surface area contributed by atoms with Crippen LogP contribution in [0.2, 0.25) is 5.02 Å². The number of anilines is 4. The van der Waals surface area contributed by atoms with E-state index in [0.29, 0.717) is 66.4 Å². The maximum absolute atomic E-state index is 11.8. The Labute approximate surface area is 253 Å². The molecule has 43 heavy (non-hydrogen) atoms.